The fraction of sp³-hybridized carbons (Fsp3) is 0.0476. The average molecular weight is 337 g/mol. The van der Waals surface area contributed by atoms with Crippen LogP contribution in [0.25, 0.3) is 21.5 Å². The van der Waals surface area contributed by atoms with E-state index < -0.39 is 0 Å². The fourth-order valence-corrected chi connectivity index (χ4v) is 2.67. The number of phenols is 1. The largest absolute Gasteiger partial charge is 0.508 e. The molecule has 0 amide bonds. The van der Waals surface area contributed by atoms with Crippen molar-refractivity contribution in [2.45, 2.75) is 0 Å². The van der Waals surface area contributed by atoms with Gasteiger partial charge in [0.1, 0.15) is 11.5 Å². The third-order valence-corrected chi connectivity index (χ3v) is 3.97. The first-order valence-corrected chi connectivity index (χ1v) is 7.94. The topological polar surface area (TPSA) is 29.5 Å². The lowest BCUT2D eigenvalue weighted by Crippen LogP contribution is -1.79. The summed E-state index contributed by atoms with van der Waals surface area (Å²) in [7, 11) is 1.59. The Morgan fingerprint density at radius 2 is 1.29 bits per heavy atom. The quantitative estimate of drug-likeness (QED) is 0.429. The van der Waals surface area contributed by atoms with E-state index in [0.717, 1.165) is 10.8 Å². The normalized spacial score (nSPS) is 10.2. The predicted octanol–water partition coefficient (Wildman–Crippen LogP) is 6.05. The number of ether oxygens (including phenoxy) is 1. The highest BCUT2D eigenvalue weighted by Gasteiger charge is 1.97. The maximum atomic E-state index is 8.80. The SMILES string of the molecule is COc1ccc(O)cc1.Clc1ccc2cc3ccccc3cc2c1. The highest BCUT2D eigenvalue weighted by atomic mass is 35.5. The van der Waals surface area contributed by atoms with Crippen LogP contribution in [0.2, 0.25) is 5.02 Å². The van der Waals surface area contributed by atoms with Gasteiger partial charge in [0.15, 0.2) is 0 Å². The van der Waals surface area contributed by atoms with Crippen molar-refractivity contribution in [3.05, 3.63) is 83.9 Å². The Morgan fingerprint density at radius 1 is 0.708 bits per heavy atom. The molecule has 0 unspecified atom stereocenters. The first kappa shape index (κ1) is 16.2. The second-order valence-electron chi connectivity index (χ2n) is 5.39. The zero-order valence-corrected chi connectivity index (χ0v) is 14.0. The Bertz CT molecular complexity index is 962. The molecule has 0 saturated carbocycles. The summed E-state index contributed by atoms with van der Waals surface area (Å²) in [5, 5.41) is 14.5. The van der Waals surface area contributed by atoms with Crippen molar-refractivity contribution in [1.29, 1.82) is 0 Å². The summed E-state index contributed by atoms with van der Waals surface area (Å²) < 4.78 is 4.86. The highest BCUT2D eigenvalue weighted by Crippen LogP contribution is 2.25. The zero-order valence-electron chi connectivity index (χ0n) is 13.2. The molecule has 0 aliphatic rings. The van der Waals surface area contributed by atoms with E-state index >= 15 is 0 Å². The van der Waals surface area contributed by atoms with Crippen LogP contribution in [-0.2, 0) is 0 Å². The molecular weight excluding hydrogens is 320 g/mol. The highest BCUT2D eigenvalue weighted by molar-refractivity contribution is 6.31. The van der Waals surface area contributed by atoms with Gasteiger partial charge in [-0.15, -0.1) is 0 Å². The Labute approximate surface area is 145 Å². The summed E-state index contributed by atoms with van der Waals surface area (Å²) in [6.07, 6.45) is 0. The van der Waals surface area contributed by atoms with Crippen molar-refractivity contribution in [1.82, 2.24) is 0 Å². The Hall–Kier alpha value is -2.71. The lowest BCUT2D eigenvalue weighted by molar-refractivity contribution is 0.412. The summed E-state index contributed by atoms with van der Waals surface area (Å²) >= 11 is 5.97. The minimum atomic E-state index is 0.260. The molecule has 1 N–H and O–H groups in total. The van der Waals surface area contributed by atoms with E-state index in [0.29, 0.717) is 0 Å². The van der Waals surface area contributed by atoms with Crippen molar-refractivity contribution in [2.75, 3.05) is 7.11 Å². The van der Waals surface area contributed by atoms with E-state index in [1.165, 1.54) is 21.5 Å². The van der Waals surface area contributed by atoms with Gasteiger partial charge in [-0.25, -0.2) is 0 Å². The molecular formula is C21H17ClO2. The Morgan fingerprint density at radius 3 is 1.92 bits per heavy atom. The van der Waals surface area contributed by atoms with E-state index in [9.17, 15) is 0 Å². The van der Waals surface area contributed by atoms with Crippen molar-refractivity contribution in [3.63, 3.8) is 0 Å². The smallest absolute Gasteiger partial charge is 0.119 e. The first-order chi connectivity index (χ1) is 11.7. The van der Waals surface area contributed by atoms with Crippen molar-refractivity contribution < 1.29 is 9.84 Å². The molecule has 120 valence electrons. The maximum absolute atomic E-state index is 8.80. The summed E-state index contributed by atoms with van der Waals surface area (Å²) in [6.45, 7) is 0. The van der Waals surface area contributed by atoms with Gasteiger partial charge in [-0.05, 0) is 70.1 Å². The van der Waals surface area contributed by atoms with Crippen LogP contribution in [0.15, 0.2) is 78.9 Å². The Kier molecular flexibility index (Phi) is 4.88. The lowest BCUT2D eigenvalue weighted by atomic mass is 10.0. The molecule has 0 atom stereocenters. The van der Waals surface area contributed by atoms with Crippen molar-refractivity contribution in [3.8, 4) is 11.5 Å². The molecule has 2 nitrogen and oxygen atoms in total. The van der Waals surface area contributed by atoms with Gasteiger partial charge in [-0.3, -0.25) is 0 Å². The number of aromatic hydroxyl groups is 1. The van der Waals surface area contributed by atoms with Crippen molar-refractivity contribution in [2.24, 2.45) is 0 Å². The number of phenolic OH excluding ortho intramolecular Hbond substituents is 1. The van der Waals surface area contributed by atoms with E-state index in [1.807, 2.05) is 12.1 Å². The lowest BCUT2D eigenvalue weighted by Gasteiger charge is -2.02. The van der Waals surface area contributed by atoms with Crippen LogP contribution >= 0.6 is 11.6 Å². The molecule has 0 fully saturated rings. The van der Waals surface area contributed by atoms with Crippen LogP contribution < -0.4 is 4.74 Å². The van der Waals surface area contributed by atoms with Crippen LogP contribution in [0.1, 0.15) is 0 Å². The first-order valence-electron chi connectivity index (χ1n) is 7.57. The van der Waals surface area contributed by atoms with Crippen LogP contribution in [0.4, 0.5) is 0 Å². The molecule has 0 bridgehead atoms. The number of fused-ring (bicyclic) bond motifs is 2. The van der Waals surface area contributed by atoms with Crippen molar-refractivity contribution >= 4 is 33.1 Å². The second kappa shape index (κ2) is 7.24. The number of halogens is 1. The number of benzene rings is 4. The number of hydrogen-bond donors (Lipinski definition) is 1. The maximum Gasteiger partial charge on any atom is 0.119 e. The molecule has 4 aromatic carbocycles. The van der Waals surface area contributed by atoms with Gasteiger partial charge in [-0.1, -0.05) is 41.9 Å². The van der Waals surface area contributed by atoms with Crippen LogP contribution in [0.3, 0.4) is 0 Å². The van der Waals surface area contributed by atoms with Gasteiger partial charge >= 0.3 is 0 Å². The molecule has 0 aromatic heterocycles. The van der Waals surface area contributed by atoms with Gasteiger partial charge in [-0.2, -0.15) is 0 Å². The zero-order chi connectivity index (χ0) is 16.9. The molecule has 24 heavy (non-hydrogen) atoms. The average Bonchev–Trinajstić information content (AvgIpc) is 2.61. The minimum absolute atomic E-state index is 0.260. The molecule has 0 radical (unpaired) electrons. The fourth-order valence-electron chi connectivity index (χ4n) is 2.49. The number of methoxy groups -OCH3 is 1. The van der Waals surface area contributed by atoms with E-state index in [-0.39, 0.29) is 5.75 Å². The van der Waals surface area contributed by atoms with Crippen LogP contribution in [0.5, 0.6) is 11.5 Å². The minimum Gasteiger partial charge on any atom is -0.508 e. The molecule has 0 aliphatic carbocycles. The summed E-state index contributed by atoms with van der Waals surface area (Å²) in [6, 6.07) is 25.3. The molecule has 3 heteroatoms. The molecule has 0 heterocycles. The van der Waals surface area contributed by atoms with Gasteiger partial charge < -0.3 is 9.84 Å². The molecule has 0 spiro atoms. The van der Waals surface area contributed by atoms with E-state index in [4.69, 9.17) is 21.4 Å². The molecule has 4 aromatic rings. The molecule has 0 aliphatic heterocycles. The van der Waals surface area contributed by atoms with Gasteiger partial charge in [0.05, 0.1) is 7.11 Å². The third-order valence-electron chi connectivity index (χ3n) is 3.74. The predicted molar refractivity (Wildman–Crippen MR) is 101 cm³/mol. The third kappa shape index (κ3) is 3.79. The number of hydrogen-bond acceptors (Lipinski definition) is 2. The van der Waals surface area contributed by atoms with Gasteiger partial charge in [0.2, 0.25) is 0 Å². The van der Waals surface area contributed by atoms with E-state index in [1.54, 1.807) is 31.4 Å². The Balaban J connectivity index is 0.000000162. The van der Waals surface area contributed by atoms with Crippen LogP contribution in [0, 0.1) is 0 Å². The van der Waals surface area contributed by atoms with Gasteiger partial charge in [0, 0.05) is 5.02 Å². The van der Waals surface area contributed by atoms with Gasteiger partial charge in [0.25, 0.3) is 0 Å². The summed E-state index contributed by atoms with van der Waals surface area (Å²) in [5.74, 6) is 1.02. The number of rotatable bonds is 1. The molecule has 0 saturated heterocycles. The monoisotopic (exact) mass is 336 g/mol. The molecule has 4 rings (SSSR count). The summed E-state index contributed by atoms with van der Waals surface area (Å²) in [4.78, 5) is 0. The standard InChI is InChI=1S/C14H9Cl.C7H8O2/c15-14-6-5-12-7-10-3-1-2-4-11(10)8-13(12)9-14;1-9-7-4-2-6(8)3-5-7/h1-9H;2-5,8H,1H3. The van der Waals surface area contributed by atoms with Crippen LogP contribution in [-0.4, -0.2) is 12.2 Å². The summed E-state index contributed by atoms with van der Waals surface area (Å²) in [5.41, 5.74) is 0. The second-order valence-corrected chi connectivity index (χ2v) is 5.83. The van der Waals surface area contributed by atoms with E-state index in [2.05, 4.69) is 42.5 Å².